The molecule has 4 heterocycles. The molecule has 140 valence electrons. The molecule has 0 unspecified atom stereocenters. The van der Waals surface area contributed by atoms with E-state index in [9.17, 15) is 5.26 Å². The number of ether oxygens (including phenoxy) is 1. The molecule has 1 N–H and O–H groups in total. The highest BCUT2D eigenvalue weighted by Gasteiger charge is 2.13. The van der Waals surface area contributed by atoms with Gasteiger partial charge in [-0.1, -0.05) is 0 Å². The van der Waals surface area contributed by atoms with Crippen molar-refractivity contribution in [3.8, 4) is 11.9 Å². The summed E-state index contributed by atoms with van der Waals surface area (Å²) in [6, 6.07) is 6.08. The second-order valence-electron chi connectivity index (χ2n) is 6.38. The molecular formula is C20H18N6OS. The quantitative estimate of drug-likeness (QED) is 0.521. The Morgan fingerprint density at radius 1 is 1.36 bits per heavy atom. The van der Waals surface area contributed by atoms with Gasteiger partial charge < -0.3 is 14.3 Å². The van der Waals surface area contributed by atoms with E-state index in [0.717, 1.165) is 29.0 Å². The van der Waals surface area contributed by atoms with Crippen molar-refractivity contribution in [2.75, 3.05) is 7.11 Å². The van der Waals surface area contributed by atoms with Crippen LogP contribution in [0.1, 0.15) is 27.7 Å². The fourth-order valence-corrected chi connectivity index (χ4v) is 3.72. The molecule has 0 aliphatic carbocycles. The summed E-state index contributed by atoms with van der Waals surface area (Å²) < 4.78 is 7.36. The van der Waals surface area contributed by atoms with Crippen LogP contribution in [0.15, 0.2) is 30.0 Å². The lowest BCUT2D eigenvalue weighted by atomic mass is 10.1. The monoisotopic (exact) mass is 390 g/mol. The van der Waals surface area contributed by atoms with Gasteiger partial charge in [-0.25, -0.2) is 9.97 Å². The number of nitriles is 1. The molecule has 0 atom stereocenters. The summed E-state index contributed by atoms with van der Waals surface area (Å²) in [4.78, 5) is 17.2. The maximum absolute atomic E-state index is 9.71. The fourth-order valence-electron chi connectivity index (χ4n) is 3.13. The molecule has 0 saturated heterocycles. The summed E-state index contributed by atoms with van der Waals surface area (Å²) in [6.45, 7) is 4.90. The summed E-state index contributed by atoms with van der Waals surface area (Å²) in [7, 11) is 1.56. The molecule has 0 saturated carbocycles. The number of thiazole rings is 1. The SMILES string of the molecule is COc1cc2nc(/C(C#N)=C/c3cc(C)n(Cc4cncs4)c3C)[nH]c2cn1. The molecule has 0 bridgehead atoms. The number of allylic oxidation sites excluding steroid dienone is 1. The Morgan fingerprint density at radius 2 is 2.21 bits per heavy atom. The van der Waals surface area contributed by atoms with Crippen LogP contribution in [0.5, 0.6) is 5.88 Å². The van der Waals surface area contributed by atoms with Crippen molar-refractivity contribution in [1.29, 1.82) is 5.26 Å². The summed E-state index contributed by atoms with van der Waals surface area (Å²) >= 11 is 1.63. The Labute approximate surface area is 166 Å². The Morgan fingerprint density at radius 3 is 2.93 bits per heavy atom. The number of imidazole rings is 1. The van der Waals surface area contributed by atoms with E-state index in [1.54, 1.807) is 30.7 Å². The zero-order valence-electron chi connectivity index (χ0n) is 15.7. The Balaban J connectivity index is 1.72. The van der Waals surface area contributed by atoms with Gasteiger partial charge in [0.15, 0.2) is 0 Å². The largest absolute Gasteiger partial charge is 0.481 e. The molecule has 0 aliphatic rings. The van der Waals surface area contributed by atoms with Crippen LogP contribution in [0.3, 0.4) is 0 Å². The van der Waals surface area contributed by atoms with Crippen molar-refractivity contribution in [3.63, 3.8) is 0 Å². The minimum absolute atomic E-state index is 0.466. The van der Waals surface area contributed by atoms with Crippen LogP contribution in [-0.4, -0.2) is 31.6 Å². The second-order valence-corrected chi connectivity index (χ2v) is 7.35. The smallest absolute Gasteiger partial charge is 0.215 e. The van der Waals surface area contributed by atoms with Crippen LogP contribution in [0.25, 0.3) is 22.7 Å². The molecule has 0 aromatic carbocycles. The number of rotatable bonds is 5. The first kappa shape index (κ1) is 17.9. The normalized spacial score (nSPS) is 11.7. The fraction of sp³-hybridized carbons (Fsp3) is 0.200. The van der Waals surface area contributed by atoms with Gasteiger partial charge >= 0.3 is 0 Å². The van der Waals surface area contributed by atoms with Gasteiger partial charge in [-0.05, 0) is 31.6 Å². The van der Waals surface area contributed by atoms with Crippen LogP contribution in [0, 0.1) is 25.2 Å². The molecule has 0 aliphatic heterocycles. The third kappa shape index (κ3) is 3.28. The standard InChI is InChI=1S/C20H18N6OS/c1-12-4-14(13(2)26(12)10-16-8-22-11-28-16)5-15(7-21)20-24-17-6-19(27-3)23-9-18(17)25-20/h4-6,8-9,11H,10H2,1-3H3,(H,24,25)/b15-5+. The van der Waals surface area contributed by atoms with E-state index >= 15 is 0 Å². The maximum atomic E-state index is 9.71. The van der Waals surface area contributed by atoms with Gasteiger partial charge in [0.25, 0.3) is 0 Å². The Bertz CT molecular complexity index is 1210. The van der Waals surface area contributed by atoms with E-state index in [1.807, 2.05) is 17.8 Å². The number of H-pyrrole nitrogens is 1. The lowest BCUT2D eigenvalue weighted by molar-refractivity contribution is 0.398. The highest BCUT2D eigenvalue weighted by atomic mass is 32.1. The Hall–Kier alpha value is -3.44. The number of pyridine rings is 1. The second kappa shape index (κ2) is 7.29. The summed E-state index contributed by atoms with van der Waals surface area (Å²) in [5, 5.41) is 9.71. The van der Waals surface area contributed by atoms with Crippen molar-refractivity contribution in [1.82, 2.24) is 24.5 Å². The number of nitrogens with one attached hydrogen (secondary N) is 1. The number of hydrogen-bond donors (Lipinski definition) is 1. The van der Waals surface area contributed by atoms with E-state index in [-0.39, 0.29) is 0 Å². The van der Waals surface area contributed by atoms with E-state index in [4.69, 9.17) is 4.74 Å². The third-order valence-electron chi connectivity index (χ3n) is 4.64. The number of hydrogen-bond acceptors (Lipinski definition) is 6. The molecule has 28 heavy (non-hydrogen) atoms. The molecule has 0 spiro atoms. The van der Waals surface area contributed by atoms with Crippen molar-refractivity contribution >= 4 is 34.0 Å². The van der Waals surface area contributed by atoms with Gasteiger partial charge in [0, 0.05) is 28.5 Å². The molecular weight excluding hydrogens is 372 g/mol. The lowest BCUT2D eigenvalue weighted by Gasteiger charge is -2.07. The van der Waals surface area contributed by atoms with Gasteiger partial charge in [-0.15, -0.1) is 11.3 Å². The molecule has 8 heteroatoms. The predicted molar refractivity (Wildman–Crippen MR) is 109 cm³/mol. The van der Waals surface area contributed by atoms with Gasteiger partial charge in [0.05, 0.1) is 42.0 Å². The van der Waals surface area contributed by atoms with E-state index in [1.165, 1.54) is 4.88 Å². The van der Waals surface area contributed by atoms with Gasteiger partial charge in [0.1, 0.15) is 11.9 Å². The van der Waals surface area contributed by atoms with Crippen LogP contribution in [0.2, 0.25) is 0 Å². The minimum Gasteiger partial charge on any atom is -0.481 e. The Kier molecular flexibility index (Phi) is 4.67. The molecule has 0 amide bonds. The van der Waals surface area contributed by atoms with Crippen LogP contribution >= 0.6 is 11.3 Å². The lowest BCUT2D eigenvalue weighted by Crippen LogP contribution is -2.02. The zero-order valence-corrected chi connectivity index (χ0v) is 16.5. The molecule has 7 nitrogen and oxygen atoms in total. The van der Waals surface area contributed by atoms with Crippen LogP contribution in [0.4, 0.5) is 0 Å². The molecule has 4 aromatic rings. The first-order chi connectivity index (χ1) is 13.6. The topological polar surface area (TPSA) is 92.4 Å². The van der Waals surface area contributed by atoms with Crippen molar-refractivity contribution in [2.24, 2.45) is 0 Å². The van der Waals surface area contributed by atoms with Gasteiger partial charge in [-0.2, -0.15) is 5.26 Å². The molecule has 0 radical (unpaired) electrons. The number of aryl methyl sites for hydroxylation is 1. The first-order valence-electron chi connectivity index (χ1n) is 8.65. The van der Waals surface area contributed by atoms with Crippen molar-refractivity contribution in [2.45, 2.75) is 20.4 Å². The number of aromatic nitrogens is 5. The van der Waals surface area contributed by atoms with E-state index in [0.29, 0.717) is 22.8 Å². The van der Waals surface area contributed by atoms with Crippen molar-refractivity contribution < 1.29 is 4.74 Å². The van der Waals surface area contributed by atoms with E-state index in [2.05, 4.69) is 50.5 Å². The van der Waals surface area contributed by atoms with Gasteiger partial charge in [-0.3, -0.25) is 4.98 Å². The molecule has 4 aromatic heterocycles. The summed E-state index contributed by atoms with van der Waals surface area (Å²) in [5.41, 5.74) is 6.99. The zero-order chi connectivity index (χ0) is 19.7. The number of fused-ring (bicyclic) bond motifs is 1. The summed E-state index contributed by atoms with van der Waals surface area (Å²) in [6.07, 6.45) is 5.41. The number of aromatic amines is 1. The average molecular weight is 390 g/mol. The molecule has 0 fully saturated rings. The first-order valence-corrected chi connectivity index (χ1v) is 9.53. The highest BCUT2D eigenvalue weighted by molar-refractivity contribution is 7.09. The van der Waals surface area contributed by atoms with Gasteiger partial charge in [0.2, 0.25) is 5.88 Å². The maximum Gasteiger partial charge on any atom is 0.215 e. The van der Waals surface area contributed by atoms with Crippen LogP contribution in [-0.2, 0) is 6.54 Å². The van der Waals surface area contributed by atoms with E-state index < -0.39 is 0 Å². The summed E-state index contributed by atoms with van der Waals surface area (Å²) in [5.74, 6) is 1.000. The third-order valence-corrected chi connectivity index (χ3v) is 5.40. The minimum atomic E-state index is 0.466. The predicted octanol–water partition coefficient (Wildman–Crippen LogP) is 3.95. The number of methoxy groups -OCH3 is 1. The van der Waals surface area contributed by atoms with Crippen molar-refractivity contribution in [3.05, 3.63) is 57.7 Å². The average Bonchev–Trinajstić information content (AvgIpc) is 3.41. The number of nitrogens with zero attached hydrogens (tertiary/aromatic N) is 5. The molecule has 4 rings (SSSR count). The highest BCUT2D eigenvalue weighted by Crippen LogP contribution is 2.25. The van der Waals surface area contributed by atoms with Crippen LogP contribution < -0.4 is 4.74 Å².